The minimum Gasteiger partial charge on any atom is -0.458 e. The van der Waals surface area contributed by atoms with E-state index < -0.39 is 5.60 Å². The molecule has 1 heterocycles. The Kier molecular flexibility index (Phi) is 3.92. The van der Waals surface area contributed by atoms with Gasteiger partial charge >= 0.3 is 0 Å². The van der Waals surface area contributed by atoms with Gasteiger partial charge < -0.3 is 14.8 Å². The Morgan fingerprint density at radius 1 is 1.17 bits per heavy atom. The van der Waals surface area contributed by atoms with Crippen molar-refractivity contribution in [3.63, 3.8) is 0 Å². The van der Waals surface area contributed by atoms with E-state index in [-0.39, 0.29) is 12.5 Å². The number of hydrogen-bond donors (Lipinski definition) is 2. The second-order valence-electron chi connectivity index (χ2n) is 5.92. The van der Waals surface area contributed by atoms with Crippen molar-refractivity contribution in [2.24, 2.45) is 0 Å². The highest BCUT2D eigenvalue weighted by molar-refractivity contribution is 5.95. The average Bonchev–Trinajstić information content (AvgIpc) is 2.98. The molecule has 0 saturated heterocycles. The van der Waals surface area contributed by atoms with E-state index in [2.05, 4.69) is 5.32 Å². The van der Waals surface area contributed by atoms with Crippen LogP contribution in [0.1, 0.15) is 28.6 Å². The van der Waals surface area contributed by atoms with Gasteiger partial charge in [0.15, 0.2) is 0 Å². The number of nitrogens with one attached hydrogen (secondary N) is 1. The van der Waals surface area contributed by atoms with Crippen LogP contribution >= 0.6 is 0 Å². The molecule has 0 bridgehead atoms. The van der Waals surface area contributed by atoms with Crippen LogP contribution in [-0.2, 0) is 5.60 Å². The van der Waals surface area contributed by atoms with Crippen molar-refractivity contribution in [2.75, 3.05) is 6.54 Å². The Hall–Kier alpha value is -2.59. The zero-order valence-electron chi connectivity index (χ0n) is 13.2. The number of carbonyl (C=O) groups excluding carboxylic acids is 1. The number of furan rings is 1. The van der Waals surface area contributed by atoms with Gasteiger partial charge in [-0.2, -0.15) is 0 Å². The maximum Gasteiger partial charge on any atom is 0.251 e. The van der Waals surface area contributed by atoms with Gasteiger partial charge in [0, 0.05) is 10.9 Å². The lowest BCUT2D eigenvalue weighted by atomic mass is 10.0. The summed E-state index contributed by atoms with van der Waals surface area (Å²) in [5.74, 6) is 0.225. The summed E-state index contributed by atoms with van der Waals surface area (Å²) in [4.78, 5) is 12.3. The van der Waals surface area contributed by atoms with E-state index in [0.29, 0.717) is 16.9 Å². The molecule has 1 unspecified atom stereocenters. The first-order valence-electron chi connectivity index (χ1n) is 7.53. The Morgan fingerprint density at radius 3 is 2.61 bits per heavy atom. The number of rotatable bonds is 4. The molecule has 23 heavy (non-hydrogen) atoms. The van der Waals surface area contributed by atoms with Crippen molar-refractivity contribution >= 4 is 16.9 Å². The van der Waals surface area contributed by atoms with E-state index in [1.807, 2.05) is 49.4 Å². The number of hydrogen-bond acceptors (Lipinski definition) is 3. The zero-order chi connectivity index (χ0) is 16.4. The number of para-hydroxylation sites is 1. The molecular formula is C19H19NO3. The Bertz CT molecular complexity index is 815. The highest BCUT2D eigenvalue weighted by Gasteiger charge is 2.28. The van der Waals surface area contributed by atoms with Crippen molar-refractivity contribution in [3.8, 4) is 0 Å². The van der Waals surface area contributed by atoms with Gasteiger partial charge in [-0.25, -0.2) is 0 Å². The lowest BCUT2D eigenvalue weighted by Gasteiger charge is -2.21. The second-order valence-corrected chi connectivity index (χ2v) is 5.92. The van der Waals surface area contributed by atoms with Gasteiger partial charge in [0.05, 0.1) is 6.54 Å². The van der Waals surface area contributed by atoms with Gasteiger partial charge in [0.2, 0.25) is 0 Å². The van der Waals surface area contributed by atoms with E-state index in [4.69, 9.17) is 4.42 Å². The van der Waals surface area contributed by atoms with Crippen LogP contribution in [0.15, 0.2) is 59.0 Å². The van der Waals surface area contributed by atoms with Crippen LogP contribution in [0, 0.1) is 6.92 Å². The molecule has 0 aliphatic rings. The predicted molar refractivity (Wildman–Crippen MR) is 89.3 cm³/mol. The molecule has 0 spiro atoms. The molecule has 2 aromatic carbocycles. The molecule has 0 fully saturated rings. The number of aliphatic hydroxyl groups is 1. The molecule has 3 rings (SSSR count). The van der Waals surface area contributed by atoms with E-state index in [0.717, 1.165) is 10.9 Å². The monoisotopic (exact) mass is 309 g/mol. The first kappa shape index (κ1) is 15.3. The van der Waals surface area contributed by atoms with Crippen LogP contribution in [-0.4, -0.2) is 17.6 Å². The minimum atomic E-state index is -1.28. The molecule has 3 aromatic rings. The smallest absolute Gasteiger partial charge is 0.251 e. The van der Waals surface area contributed by atoms with Crippen LogP contribution in [0.2, 0.25) is 0 Å². The second kappa shape index (κ2) is 5.89. The van der Waals surface area contributed by atoms with Gasteiger partial charge in [-0.1, -0.05) is 36.4 Å². The lowest BCUT2D eigenvalue weighted by molar-refractivity contribution is 0.0344. The van der Waals surface area contributed by atoms with Gasteiger partial charge in [0.25, 0.3) is 5.91 Å². The third-order valence-corrected chi connectivity index (χ3v) is 3.94. The average molecular weight is 309 g/mol. The molecule has 0 saturated carbocycles. The van der Waals surface area contributed by atoms with E-state index in [1.165, 1.54) is 0 Å². The Morgan fingerprint density at radius 2 is 1.87 bits per heavy atom. The largest absolute Gasteiger partial charge is 0.458 e. The van der Waals surface area contributed by atoms with Gasteiger partial charge in [0.1, 0.15) is 16.9 Å². The van der Waals surface area contributed by atoms with Gasteiger partial charge in [-0.05, 0) is 37.6 Å². The molecule has 0 aliphatic heterocycles. The molecule has 0 aliphatic carbocycles. The number of benzene rings is 2. The summed E-state index contributed by atoms with van der Waals surface area (Å²) >= 11 is 0. The van der Waals surface area contributed by atoms with Crippen molar-refractivity contribution in [2.45, 2.75) is 19.4 Å². The molecule has 1 aromatic heterocycles. The Labute approximate surface area is 134 Å². The summed E-state index contributed by atoms with van der Waals surface area (Å²) in [6, 6.07) is 16.7. The zero-order valence-corrected chi connectivity index (χ0v) is 13.2. The Balaban J connectivity index is 1.76. The van der Waals surface area contributed by atoms with Crippen molar-refractivity contribution in [1.82, 2.24) is 5.32 Å². The predicted octanol–water partition coefficient (Wildman–Crippen LogP) is 3.38. The number of carbonyl (C=O) groups is 1. The highest BCUT2D eigenvalue weighted by atomic mass is 16.4. The summed E-state index contributed by atoms with van der Waals surface area (Å²) in [5, 5.41) is 14.3. The van der Waals surface area contributed by atoms with Crippen LogP contribution in [0.3, 0.4) is 0 Å². The number of fused-ring (bicyclic) bond motifs is 1. The fraction of sp³-hybridized carbons (Fsp3) is 0.211. The van der Waals surface area contributed by atoms with E-state index >= 15 is 0 Å². The molecule has 4 nitrogen and oxygen atoms in total. The highest BCUT2D eigenvalue weighted by Crippen LogP contribution is 2.27. The van der Waals surface area contributed by atoms with E-state index in [1.54, 1.807) is 19.1 Å². The molecule has 118 valence electrons. The molecule has 1 atom stereocenters. The summed E-state index contributed by atoms with van der Waals surface area (Å²) in [6.07, 6.45) is 0. The SMILES string of the molecule is Cc1ccccc1C(=O)NCC(C)(O)c1cc2ccccc2o1. The summed E-state index contributed by atoms with van der Waals surface area (Å²) in [7, 11) is 0. The first-order valence-corrected chi connectivity index (χ1v) is 7.53. The van der Waals surface area contributed by atoms with E-state index in [9.17, 15) is 9.90 Å². The molecule has 1 amide bonds. The van der Waals surface area contributed by atoms with Crippen LogP contribution in [0.25, 0.3) is 11.0 Å². The number of amides is 1. The number of aryl methyl sites for hydroxylation is 1. The summed E-state index contributed by atoms with van der Waals surface area (Å²) in [6.45, 7) is 3.58. The van der Waals surface area contributed by atoms with Gasteiger partial charge in [-0.15, -0.1) is 0 Å². The summed E-state index contributed by atoms with van der Waals surface area (Å²) in [5.41, 5.74) is 0.937. The van der Waals surface area contributed by atoms with Crippen molar-refractivity contribution in [3.05, 3.63) is 71.5 Å². The fourth-order valence-corrected chi connectivity index (χ4v) is 2.51. The lowest BCUT2D eigenvalue weighted by Crippen LogP contribution is -2.38. The van der Waals surface area contributed by atoms with Crippen LogP contribution in [0.4, 0.5) is 0 Å². The normalized spacial score (nSPS) is 13.7. The van der Waals surface area contributed by atoms with Crippen molar-refractivity contribution in [1.29, 1.82) is 0 Å². The fourth-order valence-electron chi connectivity index (χ4n) is 2.51. The minimum absolute atomic E-state index is 0.0694. The first-order chi connectivity index (χ1) is 11.0. The molecule has 4 heteroatoms. The quantitative estimate of drug-likeness (QED) is 0.776. The molecule has 0 radical (unpaired) electrons. The third-order valence-electron chi connectivity index (χ3n) is 3.94. The summed E-state index contributed by atoms with van der Waals surface area (Å²) < 4.78 is 5.69. The van der Waals surface area contributed by atoms with Crippen molar-refractivity contribution < 1.29 is 14.3 Å². The standard InChI is InChI=1S/C19H19NO3/c1-13-7-3-5-9-15(13)18(21)20-12-19(2,22)17-11-14-8-4-6-10-16(14)23-17/h3-11,22H,12H2,1-2H3,(H,20,21). The van der Waals surface area contributed by atoms with Gasteiger partial charge in [-0.3, -0.25) is 4.79 Å². The van der Waals surface area contributed by atoms with Crippen LogP contribution < -0.4 is 5.32 Å². The maximum atomic E-state index is 12.3. The molecule has 2 N–H and O–H groups in total. The topological polar surface area (TPSA) is 62.5 Å². The third kappa shape index (κ3) is 3.12. The maximum absolute atomic E-state index is 12.3. The molecular weight excluding hydrogens is 290 g/mol. The van der Waals surface area contributed by atoms with Crippen LogP contribution in [0.5, 0.6) is 0 Å².